The average molecular weight is 977 g/mol. The number of primary amides is 1. The van der Waals surface area contributed by atoms with Crippen molar-refractivity contribution in [1.82, 2.24) is 35.3 Å². The fraction of sp³-hybridized carbons (Fsp3) is 0.447. The molecule has 10 N–H and O–H groups in total. The van der Waals surface area contributed by atoms with Gasteiger partial charge in [0.1, 0.15) is 30.1 Å². The summed E-state index contributed by atoms with van der Waals surface area (Å²) in [6.45, 7) is 6.44. The minimum absolute atomic E-state index is 0.0431. The molecule has 1 aliphatic rings. The predicted molar refractivity (Wildman–Crippen MR) is 255 cm³/mol. The molecule has 2 aromatic heterocycles. The van der Waals surface area contributed by atoms with Crippen molar-refractivity contribution >= 4 is 64.0 Å². The molecule has 2 atom stereocenters. The number of carbonyl (C=O) groups is 7. The number of nitrogens with two attached hydrogens (primary N) is 1. The molecule has 70 heavy (non-hydrogen) atoms. The number of benzene rings is 2. The van der Waals surface area contributed by atoms with Crippen molar-refractivity contribution in [2.75, 3.05) is 49.5 Å². The van der Waals surface area contributed by atoms with Gasteiger partial charge in [0.05, 0.1) is 17.7 Å². The maximum Gasteiger partial charge on any atom is 0.410 e. The molecule has 2 aromatic carbocycles. The predicted octanol–water partition coefficient (Wildman–Crippen LogP) is 2.92. The van der Waals surface area contributed by atoms with E-state index in [1.165, 1.54) is 33.9 Å². The number of carboxylic acid groups (broad SMARTS) is 1. The number of anilines is 2. The number of urea groups is 1. The topological polar surface area (TPSA) is 309 Å². The fourth-order valence-corrected chi connectivity index (χ4v) is 7.82. The van der Waals surface area contributed by atoms with Crippen molar-refractivity contribution in [2.45, 2.75) is 91.1 Å². The second-order valence-electron chi connectivity index (χ2n) is 17.1. The molecule has 0 spiro atoms. The quantitative estimate of drug-likeness (QED) is 0.0484. The molecule has 1 fully saturated rings. The van der Waals surface area contributed by atoms with E-state index in [1.54, 1.807) is 54.5 Å². The summed E-state index contributed by atoms with van der Waals surface area (Å²) in [5, 5.41) is 41.9. The summed E-state index contributed by atoms with van der Waals surface area (Å²) < 4.78 is 23.8. The first-order chi connectivity index (χ1) is 33.4. The largest absolute Gasteiger partial charge is 0.494 e. The zero-order valence-corrected chi connectivity index (χ0v) is 39.3. The van der Waals surface area contributed by atoms with Gasteiger partial charge in [0, 0.05) is 81.6 Å². The van der Waals surface area contributed by atoms with Crippen LogP contribution in [0.5, 0.6) is 11.8 Å². The molecule has 4 aromatic rings. The van der Waals surface area contributed by atoms with Crippen molar-refractivity contribution in [3.8, 4) is 11.8 Å². The Labute approximate surface area is 402 Å². The number of hydrogen-bond acceptors (Lipinski definition) is 12. The van der Waals surface area contributed by atoms with Gasteiger partial charge in [0.25, 0.3) is 0 Å². The van der Waals surface area contributed by atoms with Crippen LogP contribution in [0.1, 0.15) is 75.2 Å². The summed E-state index contributed by atoms with van der Waals surface area (Å²) in [6.07, 6.45) is 2.84. The van der Waals surface area contributed by atoms with E-state index in [0.717, 1.165) is 6.07 Å². The highest BCUT2D eigenvalue weighted by Crippen LogP contribution is 2.27. The third-order valence-electron chi connectivity index (χ3n) is 11.7. The van der Waals surface area contributed by atoms with Gasteiger partial charge < -0.3 is 66.7 Å². The summed E-state index contributed by atoms with van der Waals surface area (Å²) in [6, 6.07) is 8.80. The van der Waals surface area contributed by atoms with E-state index >= 15 is 4.39 Å². The summed E-state index contributed by atoms with van der Waals surface area (Å²) >= 11 is 0. The minimum atomic E-state index is -1.40. The van der Waals surface area contributed by atoms with Gasteiger partial charge in [-0.2, -0.15) is 0 Å². The van der Waals surface area contributed by atoms with E-state index in [-0.39, 0.29) is 87.3 Å². The number of pyridine rings is 1. The molecule has 5 rings (SSSR count). The number of unbranched alkanes of at least 4 members (excludes halogenated alkanes) is 2. The van der Waals surface area contributed by atoms with Gasteiger partial charge in [0.2, 0.25) is 29.1 Å². The van der Waals surface area contributed by atoms with Gasteiger partial charge in [-0.3, -0.25) is 28.5 Å². The Balaban J connectivity index is 1.09. The Kier molecular flexibility index (Phi) is 18.9. The van der Waals surface area contributed by atoms with Crippen LogP contribution in [0.2, 0.25) is 0 Å². The van der Waals surface area contributed by atoms with Crippen LogP contribution < -0.4 is 42.6 Å². The van der Waals surface area contributed by atoms with Crippen molar-refractivity contribution in [3.63, 3.8) is 0 Å². The van der Waals surface area contributed by atoms with Crippen LogP contribution in [0.15, 0.2) is 59.5 Å². The van der Waals surface area contributed by atoms with Crippen molar-refractivity contribution in [3.05, 3.63) is 81.9 Å². The molecule has 378 valence electrons. The molecule has 1 aliphatic heterocycles. The maximum absolute atomic E-state index is 15.4. The summed E-state index contributed by atoms with van der Waals surface area (Å²) in [4.78, 5) is 104. The Bertz CT molecular complexity index is 2570. The smallest absolute Gasteiger partial charge is 0.410 e. The highest BCUT2D eigenvalue weighted by atomic mass is 19.1. The summed E-state index contributed by atoms with van der Waals surface area (Å²) in [5.41, 5.74) is 5.51. The van der Waals surface area contributed by atoms with Gasteiger partial charge in [-0.05, 0) is 68.4 Å². The maximum atomic E-state index is 15.4. The van der Waals surface area contributed by atoms with Crippen LogP contribution >= 0.6 is 0 Å². The van der Waals surface area contributed by atoms with Gasteiger partial charge >= 0.3 is 18.1 Å². The van der Waals surface area contributed by atoms with E-state index in [4.69, 9.17) is 10.5 Å². The Morgan fingerprint density at radius 2 is 1.53 bits per heavy atom. The first-order valence-electron chi connectivity index (χ1n) is 23.0. The Hall–Kier alpha value is -7.85. The standard InChI is InChI=1S/C47H61FN10O12/c1-4-55-26-32(45(66)67)42(63)31-23-33(48)36(24-35(31)55)56-19-21-57(22-20-56)47(69)70-27-29-11-13-30(14-12-29)52-43(64)34(9-8-17-50-46(49)68)53-44(65)41(28(2)3)54-38(60)25-51-37(59)10-6-5-7-18-58-39(61)15-16-40(58)62/h11-16,23-24,26,28,34,41,61-62H,4-10,17-22,25,27H2,1-3H3,(H,51,59)(H,52,64)(H,53,65)(H,54,60)(H,66,67)(H3,49,50,68). The Morgan fingerprint density at radius 3 is 2.16 bits per heavy atom. The minimum Gasteiger partial charge on any atom is -0.494 e. The first kappa shape index (κ1) is 53.1. The fourth-order valence-electron chi connectivity index (χ4n) is 7.82. The lowest BCUT2D eigenvalue weighted by atomic mass is 10.0. The number of halogens is 1. The third-order valence-corrected chi connectivity index (χ3v) is 11.7. The zero-order chi connectivity index (χ0) is 51.1. The van der Waals surface area contributed by atoms with Crippen LogP contribution in [-0.4, -0.2) is 122 Å². The molecule has 0 bridgehead atoms. The Morgan fingerprint density at radius 1 is 0.843 bits per heavy atom. The van der Waals surface area contributed by atoms with Crippen LogP contribution in [0.4, 0.5) is 25.4 Å². The molecule has 22 nitrogen and oxygen atoms in total. The van der Waals surface area contributed by atoms with E-state index in [0.29, 0.717) is 49.1 Å². The number of carboxylic acids is 1. The van der Waals surface area contributed by atoms with E-state index in [1.807, 2.05) is 0 Å². The third kappa shape index (κ3) is 14.6. The van der Waals surface area contributed by atoms with Gasteiger partial charge in [-0.1, -0.05) is 32.4 Å². The van der Waals surface area contributed by atoms with E-state index in [2.05, 4.69) is 26.6 Å². The van der Waals surface area contributed by atoms with Crippen LogP contribution in [-0.2, 0) is 43.6 Å². The van der Waals surface area contributed by atoms with E-state index in [9.17, 15) is 53.7 Å². The van der Waals surface area contributed by atoms with Crippen LogP contribution in [0, 0.1) is 11.7 Å². The molecule has 7 amide bonds. The molecule has 3 heterocycles. The number of aryl methyl sites for hydroxylation is 1. The number of rotatable bonds is 23. The number of carbonyl (C=O) groups excluding carboxylic acids is 6. The lowest BCUT2D eigenvalue weighted by Crippen LogP contribution is -2.55. The number of hydrogen-bond donors (Lipinski definition) is 9. The molecule has 0 saturated carbocycles. The first-order valence-corrected chi connectivity index (χ1v) is 23.0. The number of amides is 7. The van der Waals surface area contributed by atoms with Crippen LogP contribution in [0.25, 0.3) is 10.9 Å². The van der Waals surface area contributed by atoms with Gasteiger partial charge in [-0.25, -0.2) is 18.8 Å². The number of fused-ring (bicyclic) bond motifs is 1. The molecule has 1 saturated heterocycles. The molecule has 23 heteroatoms. The monoisotopic (exact) mass is 976 g/mol. The molecule has 0 aliphatic carbocycles. The zero-order valence-electron chi connectivity index (χ0n) is 39.3. The number of piperazine rings is 1. The lowest BCUT2D eigenvalue weighted by molar-refractivity contribution is -0.132. The molecule has 2 unspecified atom stereocenters. The van der Waals surface area contributed by atoms with Gasteiger partial charge in [0.15, 0.2) is 11.8 Å². The second kappa shape index (κ2) is 25.0. The number of aromatic nitrogens is 2. The average Bonchev–Trinajstić information content (AvgIpc) is 3.65. The lowest BCUT2D eigenvalue weighted by Gasteiger charge is -2.35. The summed E-state index contributed by atoms with van der Waals surface area (Å²) in [7, 11) is 0. The molecular formula is C47H61FN10O12. The number of ether oxygens (including phenoxy) is 1. The second-order valence-corrected chi connectivity index (χ2v) is 17.1. The number of nitrogens with one attached hydrogen (secondary N) is 5. The summed E-state index contributed by atoms with van der Waals surface area (Å²) in [5.74, 6) is -4.88. The molecular weight excluding hydrogens is 916 g/mol. The van der Waals surface area contributed by atoms with Crippen molar-refractivity contribution in [2.24, 2.45) is 11.7 Å². The molecule has 0 radical (unpaired) electrons. The van der Waals surface area contributed by atoms with Crippen LogP contribution in [0.3, 0.4) is 0 Å². The SMILES string of the molecule is CCn1cc(C(=O)O)c(=O)c2cc(F)c(N3CCN(C(=O)OCc4ccc(NC(=O)C(CCCNC(N)=O)NC(=O)C(NC(=O)CNC(=O)CCCCCn5c(O)ccc5O)C(C)C)cc4)CC3)cc21. The normalized spacial score (nSPS) is 13.3. The van der Waals surface area contributed by atoms with Crippen molar-refractivity contribution < 1.29 is 58.0 Å². The van der Waals surface area contributed by atoms with Gasteiger partial charge in [-0.15, -0.1) is 0 Å². The van der Waals surface area contributed by atoms with Crippen molar-refractivity contribution in [1.29, 1.82) is 0 Å². The highest BCUT2D eigenvalue weighted by Gasteiger charge is 2.30. The number of aromatic carboxylic acids is 1. The number of aromatic hydroxyl groups is 2. The van der Waals surface area contributed by atoms with E-state index < -0.39 is 77.2 Å². The highest BCUT2D eigenvalue weighted by molar-refractivity contribution is 5.99. The number of nitrogens with zero attached hydrogens (tertiary/aromatic N) is 4.